The maximum atomic E-state index is 12.5. The van der Waals surface area contributed by atoms with E-state index in [1.807, 2.05) is 57.1 Å². The maximum Gasteiger partial charge on any atom is 0.341 e. The lowest BCUT2D eigenvalue weighted by molar-refractivity contribution is 0.0527. The molecule has 1 heterocycles. The first-order valence-electron chi connectivity index (χ1n) is 9.02. The van der Waals surface area contributed by atoms with E-state index in [0.29, 0.717) is 12.2 Å². The number of nitrogens with zero attached hydrogens (tertiary/aromatic N) is 2. The second-order valence-electron chi connectivity index (χ2n) is 6.81. The lowest BCUT2D eigenvalue weighted by Gasteiger charge is -2.17. The summed E-state index contributed by atoms with van der Waals surface area (Å²) in [5.74, 6) is -0.376. The normalized spacial score (nSPS) is 10.7. The average molecular weight is 363 g/mol. The highest BCUT2D eigenvalue weighted by Crippen LogP contribution is 2.32. The van der Waals surface area contributed by atoms with Gasteiger partial charge in [-0.05, 0) is 56.7 Å². The van der Waals surface area contributed by atoms with Crippen LogP contribution in [-0.2, 0) is 4.74 Å². The molecule has 27 heavy (non-hydrogen) atoms. The third kappa shape index (κ3) is 3.87. The monoisotopic (exact) mass is 363 g/mol. The molecule has 0 aliphatic heterocycles. The third-order valence-electron chi connectivity index (χ3n) is 4.45. The van der Waals surface area contributed by atoms with Gasteiger partial charge in [-0.1, -0.05) is 11.6 Å². The maximum absolute atomic E-state index is 12.5. The molecule has 0 fully saturated rings. The molecule has 0 unspecified atom stereocenters. The number of benzene rings is 2. The Morgan fingerprint density at radius 3 is 2.48 bits per heavy atom. The van der Waals surface area contributed by atoms with Crippen molar-refractivity contribution in [2.24, 2.45) is 0 Å². The number of esters is 1. The van der Waals surface area contributed by atoms with E-state index in [1.165, 1.54) is 0 Å². The number of hydrogen-bond acceptors (Lipinski definition) is 5. The quantitative estimate of drug-likeness (QED) is 0.658. The first-order valence-corrected chi connectivity index (χ1v) is 9.02. The summed E-state index contributed by atoms with van der Waals surface area (Å²) in [7, 11) is 4.01. The highest BCUT2D eigenvalue weighted by Gasteiger charge is 2.18. The van der Waals surface area contributed by atoms with Gasteiger partial charge < -0.3 is 15.0 Å². The van der Waals surface area contributed by atoms with Crippen LogP contribution in [0.5, 0.6) is 0 Å². The number of pyridine rings is 1. The summed E-state index contributed by atoms with van der Waals surface area (Å²) in [5, 5.41) is 4.33. The molecular formula is C22H25N3O2. The fourth-order valence-electron chi connectivity index (χ4n) is 3.15. The zero-order valence-corrected chi connectivity index (χ0v) is 16.5. The first-order chi connectivity index (χ1) is 12.9. The number of carbonyl (C=O) groups excluding carboxylic acids is 1. The van der Waals surface area contributed by atoms with Crippen molar-refractivity contribution in [3.63, 3.8) is 0 Å². The molecule has 0 bridgehead atoms. The Morgan fingerprint density at radius 2 is 1.85 bits per heavy atom. The fourth-order valence-corrected chi connectivity index (χ4v) is 3.15. The van der Waals surface area contributed by atoms with Crippen molar-refractivity contribution in [2.75, 3.05) is 30.9 Å². The van der Waals surface area contributed by atoms with Crippen LogP contribution in [-0.4, -0.2) is 31.7 Å². The van der Waals surface area contributed by atoms with Crippen molar-refractivity contribution >= 4 is 33.9 Å². The van der Waals surface area contributed by atoms with E-state index in [2.05, 4.69) is 22.4 Å². The van der Waals surface area contributed by atoms with Crippen molar-refractivity contribution in [3.05, 3.63) is 59.3 Å². The zero-order valence-electron chi connectivity index (χ0n) is 16.5. The topological polar surface area (TPSA) is 54.5 Å². The van der Waals surface area contributed by atoms with E-state index in [9.17, 15) is 4.79 Å². The van der Waals surface area contributed by atoms with Crippen LogP contribution in [0.1, 0.15) is 28.4 Å². The van der Waals surface area contributed by atoms with Crippen molar-refractivity contribution in [1.29, 1.82) is 0 Å². The van der Waals surface area contributed by atoms with Gasteiger partial charge in [-0.25, -0.2) is 4.79 Å². The molecular weight excluding hydrogens is 338 g/mol. The Balaban J connectivity index is 2.14. The van der Waals surface area contributed by atoms with Gasteiger partial charge in [0.1, 0.15) is 5.56 Å². The van der Waals surface area contributed by atoms with Gasteiger partial charge in [0, 0.05) is 37.1 Å². The molecule has 0 saturated heterocycles. The van der Waals surface area contributed by atoms with Crippen molar-refractivity contribution in [3.8, 4) is 0 Å². The predicted molar refractivity (Wildman–Crippen MR) is 111 cm³/mol. The molecule has 0 aliphatic carbocycles. The lowest BCUT2D eigenvalue weighted by atomic mass is 10.0. The van der Waals surface area contributed by atoms with Gasteiger partial charge in [0.15, 0.2) is 0 Å². The summed E-state index contributed by atoms with van der Waals surface area (Å²) in [5.41, 5.74) is 6.24. The van der Waals surface area contributed by atoms with Gasteiger partial charge in [0.25, 0.3) is 0 Å². The largest absolute Gasteiger partial charge is 0.462 e. The molecule has 5 nitrogen and oxygen atoms in total. The van der Waals surface area contributed by atoms with Gasteiger partial charge in [-0.3, -0.25) is 4.98 Å². The molecule has 3 rings (SSSR count). The van der Waals surface area contributed by atoms with Crippen molar-refractivity contribution in [2.45, 2.75) is 20.8 Å². The minimum Gasteiger partial charge on any atom is -0.462 e. The van der Waals surface area contributed by atoms with Gasteiger partial charge in [-0.15, -0.1) is 0 Å². The highest BCUT2D eigenvalue weighted by atomic mass is 16.5. The Labute approximate surface area is 160 Å². The molecule has 0 aliphatic rings. The first kappa shape index (κ1) is 18.7. The van der Waals surface area contributed by atoms with Crippen LogP contribution >= 0.6 is 0 Å². The summed E-state index contributed by atoms with van der Waals surface area (Å²) in [6, 6.07) is 12.2. The number of anilines is 3. The van der Waals surface area contributed by atoms with Crippen LogP contribution in [0, 0.1) is 13.8 Å². The van der Waals surface area contributed by atoms with E-state index in [1.54, 1.807) is 13.1 Å². The Kier molecular flexibility index (Phi) is 5.31. The van der Waals surface area contributed by atoms with Gasteiger partial charge in [-0.2, -0.15) is 0 Å². The number of aromatic nitrogens is 1. The van der Waals surface area contributed by atoms with Crippen molar-refractivity contribution in [1.82, 2.24) is 4.98 Å². The van der Waals surface area contributed by atoms with E-state index < -0.39 is 0 Å². The van der Waals surface area contributed by atoms with Crippen LogP contribution in [0.25, 0.3) is 10.9 Å². The molecule has 3 aromatic rings. The van der Waals surface area contributed by atoms with Gasteiger partial charge in [0.2, 0.25) is 0 Å². The number of hydrogen-bond donors (Lipinski definition) is 1. The summed E-state index contributed by atoms with van der Waals surface area (Å²) in [6.07, 6.45) is 1.60. The van der Waals surface area contributed by atoms with Gasteiger partial charge >= 0.3 is 5.97 Å². The van der Waals surface area contributed by atoms with E-state index in [0.717, 1.165) is 39.1 Å². The molecule has 0 atom stereocenters. The number of nitrogens with one attached hydrogen (secondary N) is 1. The SMILES string of the molecule is CCOC(=O)c1cnc2c(C)cc(C)cc2c1Nc1ccc(N(C)C)cc1. The molecule has 2 aromatic carbocycles. The van der Waals surface area contributed by atoms with E-state index >= 15 is 0 Å². The number of rotatable bonds is 5. The number of aryl methyl sites for hydroxylation is 2. The smallest absolute Gasteiger partial charge is 0.341 e. The molecule has 0 spiro atoms. The lowest BCUT2D eigenvalue weighted by Crippen LogP contribution is -2.10. The minimum absolute atomic E-state index is 0.320. The molecule has 0 amide bonds. The van der Waals surface area contributed by atoms with Crippen LogP contribution in [0.4, 0.5) is 17.1 Å². The molecule has 0 saturated carbocycles. The number of ether oxygens (including phenoxy) is 1. The number of carbonyl (C=O) groups is 1. The van der Waals surface area contributed by atoms with E-state index in [-0.39, 0.29) is 5.97 Å². The summed E-state index contributed by atoms with van der Waals surface area (Å²) < 4.78 is 5.24. The fraction of sp³-hybridized carbons (Fsp3) is 0.273. The highest BCUT2D eigenvalue weighted by molar-refractivity contribution is 6.06. The van der Waals surface area contributed by atoms with Crippen LogP contribution in [0.2, 0.25) is 0 Å². The Bertz CT molecular complexity index is 979. The van der Waals surface area contributed by atoms with Gasteiger partial charge in [0.05, 0.1) is 17.8 Å². The minimum atomic E-state index is -0.376. The summed E-state index contributed by atoms with van der Waals surface area (Å²) in [4.78, 5) is 19.1. The predicted octanol–water partition coefficient (Wildman–Crippen LogP) is 4.84. The third-order valence-corrected chi connectivity index (χ3v) is 4.45. The summed E-state index contributed by atoms with van der Waals surface area (Å²) >= 11 is 0. The Morgan fingerprint density at radius 1 is 1.15 bits per heavy atom. The molecule has 140 valence electrons. The molecule has 0 radical (unpaired) electrons. The zero-order chi connectivity index (χ0) is 19.6. The van der Waals surface area contributed by atoms with Crippen LogP contribution < -0.4 is 10.2 Å². The van der Waals surface area contributed by atoms with Crippen LogP contribution in [0.3, 0.4) is 0 Å². The van der Waals surface area contributed by atoms with E-state index in [4.69, 9.17) is 4.74 Å². The second kappa shape index (κ2) is 7.66. The van der Waals surface area contributed by atoms with Crippen molar-refractivity contribution < 1.29 is 9.53 Å². The molecule has 5 heteroatoms. The number of fused-ring (bicyclic) bond motifs is 1. The molecule has 1 aromatic heterocycles. The summed E-state index contributed by atoms with van der Waals surface area (Å²) in [6.45, 7) is 6.19. The Hall–Kier alpha value is -3.08. The second-order valence-corrected chi connectivity index (χ2v) is 6.81. The van der Waals surface area contributed by atoms with Crippen LogP contribution in [0.15, 0.2) is 42.6 Å². The molecule has 1 N–H and O–H groups in total. The average Bonchev–Trinajstić information content (AvgIpc) is 2.62. The standard InChI is InChI=1S/C22H25N3O2/c1-6-27-22(26)19-13-23-20-15(3)11-14(2)12-18(20)21(19)24-16-7-9-17(10-8-16)25(4)5/h7-13H,6H2,1-5H3,(H,23,24).